The Morgan fingerprint density at radius 1 is 1.44 bits per heavy atom. The van der Waals surface area contributed by atoms with Crippen molar-refractivity contribution in [3.63, 3.8) is 0 Å². The second-order valence-electron chi connectivity index (χ2n) is 3.86. The number of fused-ring (bicyclic) bond motifs is 1. The summed E-state index contributed by atoms with van der Waals surface area (Å²) in [6.07, 6.45) is 1.40. The molecule has 0 aromatic carbocycles. The Morgan fingerprint density at radius 2 is 2.28 bits per heavy atom. The van der Waals surface area contributed by atoms with Crippen molar-refractivity contribution >= 4 is 11.2 Å². The highest BCUT2D eigenvalue weighted by Crippen LogP contribution is 2.33. The first-order chi connectivity index (χ1) is 8.70. The fourth-order valence-corrected chi connectivity index (χ4v) is 1.91. The smallest absolute Gasteiger partial charge is 0.242 e. The number of hydrogen-bond acceptors (Lipinski definition) is 6. The van der Waals surface area contributed by atoms with Gasteiger partial charge < -0.3 is 14.9 Å². The summed E-state index contributed by atoms with van der Waals surface area (Å²) in [6, 6.07) is 0. The Labute approximate surface area is 100 Å². The van der Waals surface area contributed by atoms with Gasteiger partial charge >= 0.3 is 0 Å². The van der Waals surface area contributed by atoms with Gasteiger partial charge in [0.1, 0.15) is 25.1 Å². The van der Waals surface area contributed by atoms with Gasteiger partial charge in [-0.3, -0.25) is 4.57 Å². The molecule has 3 heterocycles. The summed E-state index contributed by atoms with van der Waals surface area (Å²) in [5.41, 5.74) is 0.591. The minimum absolute atomic E-state index is 0.125. The van der Waals surface area contributed by atoms with E-state index in [2.05, 4.69) is 15.0 Å². The zero-order valence-electron chi connectivity index (χ0n) is 9.06. The lowest BCUT2D eigenvalue weighted by molar-refractivity contribution is 0.0977. The van der Waals surface area contributed by atoms with Crippen molar-refractivity contribution in [1.29, 1.82) is 0 Å². The number of imidazole rings is 1. The molecule has 1 saturated heterocycles. The Kier molecular flexibility index (Phi) is 2.37. The molecular formula is C10H9FN4O3. The molecule has 8 heteroatoms. The minimum Gasteiger partial charge on any atom is -0.492 e. The van der Waals surface area contributed by atoms with Crippen LogP contribution >= 0.6 is 0 Å². The van der Waals surface area contributed by atoms with E-state index in [9.17, 15) is 14.6 Å². The van der Waals surface area contributed by atoms with E-state index in [0.29, 0.717) is 5.65 Å². The first-order valence-corrected chi connectivity index (χ1v) is 5.22. The molecule has 1 aliphatic rings. The largest absolute Gasteiger partial charge is 0.492 e. The molecule has 0 aliphatic carbocycles. The normalized spacial score (nSPS) is 25.8. The Balaban J connectivity index is 2.04. The molecule has 0 radical (unpaired) electrons. The maximum absolute atomic E-state index is 12.4. The molecule has 0 bridgehead atoms. The maximum Gasteiger partial charge on any atom is 0.242 e. The molecule has 2 aromatic heterocycles. The summed E-state index contributed by atoms with van der Waals surface area (Å²) in [5.74, 6) is -0.362. The summed E-state index contributed by atoms with van der Waals surface area (Å²) < 4.78 is 19.1. The number of hydrogen-bond donors (Lipinski definition) is 2. The molecule has 0 unspecified atom stereocenters. The molecule has 94 valence electrons. The van der Waals surface area contributed by atoms with Crippen LogP contribution in [0, 0.1) is 0 Å². The molecule has 0 saturated carbocycles. The van der Waals surface area contributed by atoms with Crippen LogP contribution in [0.2, 0.25) is 0 Å². The van der Waals surface area contributed by atoms with Gasteiger partial charge in [0, 0.05) is 6.42 Å². The number of rotatable bonds is 1. The van der Waals surface area contributed by atoms with Crippen LogP contribution in [0.5, 0.6) is 5.88 Å². The van der Waals surface area contributed by atoms with Gasteiger partial charge in [0.2, 0.25) is 5.88 Å². The summed E-state index contributed by atoms with van der Waals surface area (Å²) in [6.45, 7) is 0. The summed E-state index contributed by atoms with van der Waals surface area (Å²) in [5, 5.41) is 19.0. The van der Waals surface area contributed by atoms with Crippen LogP contribution in [0.15, 0.2) is 24.7 Å². The van der Waals surface area contributed by atoms with Crippen LogP contribution in [0.4, 0.5) is 4.39 Å². The van der Waals surface area contributed by atoms with E-state index in [4.69, 9.17) is 4.74 Å². The van der Waals surface area contributed by atoms with Crippen molar-refractivity contribution < 1.29 is 19.3 Å². The van der Waals surface area contributed by atoms with Gasteiger partial charge in [-0.2, -0.15) is 4.98 Å². The number of halogens is 1. The van der Waals surface area contributed by atoms with Crippen molar-refractivity contribution in [2.24, 2.45) is 0 Å². The topological polar surface area (TPSA) is 93.3 Å². The second kappa shape index (κ2) is 3.91. The summed E-state index contributed by atoms with van der Waals surface area (Å²) in [7, 11) is 0. The fraction of sp³-hybridized carbons (Fsp3) is 0.300. The molecule has 2 aromatic rings. The Morgan fingerprint density at radius 3 is 3.00 bits per heavy atom. The molecule has 2 N–H and O–H groups in total. The lowest BCUT2D eigenvalue weighted by Crippen LogP contribution is -2.07. The number of ether oxygens (including phenoxy) is 1. The van der Waals surface area contributed by atoms with Crippen molar-refractivity contribution in [2.45, 2.75) is 18.8 Å². The van der Waals surface area contributed by atoms with Crippen LogP contribution in [-0.2, 0) is 4.74 Å². The van der Waals surface area contributed by atoms with Crippen molar-refractivity contribution in [3.05, 3.63) is 24.7 Å². The molecule has 2 atom stereocenters. The van der Waals surface area contributed by atoms with Gasteiger partial charge in [-0.05, 0) is 0 Å². The minimum atomic E-state index is -0.993. The first-order valence-electron chi connectivity index (χ1n) is 5.22. The van der Waals surface area contributed by atoms with E-state index >= 15 is 0 Å². The van der Waals surface area contributed by atoms with Gasteiger partial charge in [-0.1, -0.05) is 0 Å². The van der Waals surface area contributed by atoms with E-state index in [1.807, 2.05) is 0 Å². The van der Waals surface area contributed by atoms with E-state index < -0.39 is 12.3 Å². The van der Waals surface area contributed by atoms with Crippen LogP contribution in [0.25, 0.3) is 11.2 Å². The molecule has 0 spiro atoms. The van der Waals surface area contributed by atoms with Crippen molar-refractivity contribution in [1.82, 2.24) is 19.5 Å². The van der Waals surface area contributed by atoms with Crippen LogP contribution < -0.4 is 0 Å². The first kappa shape index (κ1) is 10.9. The monoisotopic (exact) mass is 252 g/mol. The number of aromatic hydroxyl groups is 1. The summed E-state index contributed by atoms with van der Waals surface area (Å²) in [4.78, 5) is 11.5. The molecule has 7 nitrogen and oxygen atoms in total. The van der Waals surface area contributed by atoms with E-state index in [-0.39, 0.29) is 29.9 Å². The predicted octanol–water partition coefficient (Wildman–Crippen LogP) is 0.623. The number of aliphatic hydroxyl groups is 1. The molecule has 1 aliphatic heterocycles. The van der Waals surface area contributed by atoms with Crippen LogP contribution in [0.3, 0.4) is 0 Å². The molecular weight excluding hydrogens is 243 g/mol. The average molecular weight is 252 g/mol. The Hall–Kier alpha value is -2.22. The van der Waals surface area contributed by atoms with Gasteiger partial charge in [0.05, 0.1) is 0 Å². The lowest BCUT2D eigenvalue weighted by Gasteiger charge is -2.11. The Bertz CT molecular complexity index is 627. The molecule has 0 amide bonds. The van der Waals surface area contributed by atoms with E-state index in [1.54, 1.807) is 0 Å². The molecule has 3 rings (SSSR count). The van der Waals surface area contributed by atoms with Gasteiger partial charge in [0.15, 0.2) is 23.2 Å². The highest BCUT2D eigenvalue weighted by atomic mass is 19.1. The van der Waals surface area contributed by atoms with E-state index in [0.717, 1.165) is 0 Å². The SMILES string of the molecule is Oc1ncnc2c1ncn2[C@H]1C[C@H](O)/C(=C/F)O1. The van der Waals surface area contributed by atoms with E-state index in [1.165, 1.54) is 17.2 Å². The lowest BCUT2D eigenvalue weighted by atomic mass is 10.2. The van der Waals surface area contributed by atoms with Crippen molar-refractivity contribution in [3.8, 4) is 5.88 Å². The predicted molar refractivity (Wildman–Crippen MR) is 56.9 cm³/mol. The number of nitrogens with zero attached hydrogens (tertiary/aromatic N) is 4. The van der Waals surface area contributed by atoms with Crippen LogP contribution in [-0.4, -0.2) is 35.8 Å². The van der Waals surface area contributed by atoms with Crippen LogP contribution in [0.1, 0.15) is 12.6 Å². The zero-order valence-corrected chi connectivity index (χ0v) is 9.06. The number of aromatic nitrogens is 4. The molecule has 18 heavy (non-hydrogen) atoms. The quantitative estimate of drug-likeness (QED) is 0.772. The fourth-order valence-electron chi connectivity index (χ4n) is 1.91. The third-order valence-electron chi connectivity index (χ3n) is 2.78. The number of aliphatic hydroxyl groups excluding tert-OH is 1. The molecule has 1 fully saturated rings. The zero-order chi connectivity index (χ0) is 12.7. The highest BCUT2D eigenvalue weighted by molar-refractivity contribution is 5.75. The highest BCUT2D eigenvalue weighted by Gasteiger charge is 2.32. The maximum atomic E-state index is 12.4. The third kappa shape index (κ3) is 1.50. The average Bonchev–Trinajstić information content (AvgIpc) is 2.93. The summed E-state index contributed by atoms with van der Waals surface area (Å²) >= 11 is 0. The van der Waals surface area contributed by atoms with Gasteiger partial charge in [0.25, 0.3) is 0 Å². The third-order valence-corrected chi connectivity index (χ3v) is 2.78. The standard InChI is InChI=1S/C10H9FN4O3/c11-2-6-5(16)1-7(18-6)15-4-14-8-9(15)12-3-13-10(8)17/h2-5,7,16H,1H2,(H,12,13,17)/b6-2-/t5-,7+/m0/s1. The second-order valence-corrected chi connectivity index (χ2v) is 3.86. The van der Waals surface area contributed by atoms with Gasteiger partial charge in [-0.25, -0.2) is 14.4 Å². The van der Waals surface area contributed by atoms with Crippen molar-refractivity contribution in [2.75, 3.05) is 0 Å². The van der Waals surface area contributed by atoms with Gasteiger partial charge in [-0.15, -0.1) is 0 Å².